The first kappa shape index (κ1) is 30.7. The van der Waals surface area contributed by atoms with Gasteiger partial charge in [-0.05, 0) is 60.5 Å². The molecule has 13 heteroatoms. The summed E-state index contributed by atoms with van der Waals surface area (Å²) < 4.78 is 31.9. The minimum absolute atomic E-state index is 0.0399. The number of nitrogens with zero attached hydrogens (tertiary/aromatic N) is 2. The molecule has 2 fully saturated rings. The van der Waals surface area contributed by atoms with Gasteiger partial charge in [-0.3, -0.25) is 19.3 Å². The minimum atomic E-state index is -0.676. The molecule has 3 aromatic rings. The molecule has 5 amide bonds. The number of benzene rings is 3. The Morgan fingerprint density at radius 3 is 2.65 bits per heavy atom. The van der Waals surface area contributed by atoms with Crippen LogP contribution in [-0.2, 0) is 11.3 Å². The van der Waals surface area contributed by atoms with E-state index in [2.05, 4.69) is 16.0 Å². The first-order valence-electron chi connectivity index (χ1n) is 15.0. The van der Waals surface area contributed by atoms with Gasteiger partial charge in [-0.1, -0.05) is 6.07 Å². The average molecular weight is 632 g/mol. The lowest BCUT2D eigenvalue weighted by Crippen LogP contribution is -2.58. The fraction of sp³-hybridized carbons (Fsp3) is 0.333. The van der Waals surface area contributed by atoms with Gasteiger partial charge in [0.25, 0.3) is 17.7 Å². The van der Waals surface area contributed by atoms with Crippen LogP contribution in [-0.4, -0.2) is 80.7 Å². The SMILES string of the molecule is COc1ccc2cc1OCC(=O)NCc1cc(F)cc(c1)O[C@@H]1CCN(C(=O)c3ccc(C)c(N4CCNC4=O)c3)C[C@@H]1NC2=O. The zero-order valence-corrected chi connectivity index (χ0v) is 25.4. The molecule has 2 saturated heterocycles. The zero-order valence-electron chi connectivity index (χ0n) is 25.4. The van der Waals surface area contributed by atoms with Crippen LogP contribution in [0, 0.1) is 12.7 Å². The molecule has 0 unspecified atom stereocenters. The fourth-order valence-electron chi connectivity index (χ4n) is 5.85. The first-order chi connectivity index (χ1) is 22.2. The van der Waals surface area contributed by atoms with E-state index in [9.17, 15) is 23.6 Å². The monoisotopic (exact) mass is 631 g/mol. The van der Waals surface area contributed by atoms with Crippen molar-refractivity contribution in [2.45, 2.75) is 32.0 Å². The Balaban J connectivity index is 1.30. The van der Waals surface area contributed by atoms with Crippen LogP contribution in [0.4, 0.5) is 14.9 Å². The molecule has 0 aliphatic carbocycles. The molecule has 4 bridgehead atoms. The predicted molar refractivity (Wildman–Crippen MR) is 165 cm³/mol. The van der Waals surface area contributed by atoms with Crippen LogP contribution in [0.1, 0.15) is 38.3 Å². The van der Waals surface area contributed by atoms with E-state index in [1.54, 1.807) is 40.1 Å². The fourth-order valence-corrected chi connectivity index (χ4v) is 5.85. The van der Waals surface area contributed by atoms with Gasteiger partial charge in [-0.2, -0.15) is 0 Å². The van der Waals surface area contributed by atoms with Crippen LogP contribution in [0.25, 0.3) is 0 Å². The molecule has 240 valence electrons. The highest BCUT2D eigenvalue weighted by Gasteiger charge is 2.35. The lowest BCUT2D eigenvalue weighted by atomic mass is 9.99. The van der Waals surface area contributed by atoms with E-state index in [4.69, 9.17) is 14.2 Å². The second-order valence-corrected chi connectivity index (χ2v) is 11.4. The summed E-state index contributed by atoms with van der Waals surface area (Å²) >= 11 is 0. The molecule has 3 heterocycles. The topological polar surface area (TPSA) is 139 Å². The number of carbonyl (C=O) groups is 4. The number of ether oxygens (including phenoxy) is 3. The number of carbonyl (C=O) groups excluding carboxylic acids is 4. The summed E-state index contributed by atoms with van der Waals surface area (Å²) in [5.41, 5.74) is 2.65. The first-order valence-corrected chi connectivity index (χ1v) is 15.0. The molecule has 12 nitrogen and oxygen atoms in total. The lowest BCUT2D eigenvalue weighted by molar-refractivity contribution is -0.123. The number of hydrogen-bond donors (Lipinski definition) is 3. The average Bonchev–Trinajstić information content (AvgIpc) is 3.48. The predicted octanol–water partition coefficient (Wildman–Crippen LogP) is 2.77. The molecule has 0 spiro atoms. The second kappa shape index (κ2) is 13.0. The molecule has 3 N–H and O–H groups in total. The Labute approximate surface area is 264 Å². The number of fused-ring (bicyclic) bond motifs is 5. The highest BCUT2D eigenvalue weighted by Crippen LogP contribution is 2.30. The van der Waals surface area contributed by atoms with Gasteiger partial charge < -0.3 is 35.1 Å². The van der Waals surface area contributed by atoms with Crippen LogP contribution in [0.3, 0.4) is 0 Å². The Kier molecular flexibility index (Phi) is 8.64. The number of methoxy groups -OCH3 is 1. The summed E-state index contributed by atoms with van der Waals surface area (Å²) in [6, 6.07) is 13.1. The van der Waals surface area contributed by atoms with Crippen molar-refractivity contribution in [1.82, 2.24) is 20.9 Å². The van der Waals surface area contributed by atoms with Crippen molar-refractivity contribution in [2.75, 3.05) is 44.8 Å². The van der Waals surface area contributed by atoms with E-state index in [1.165, 1.54) is 25.3 Å². The van der Waals surface area contributed by atoms with E-state index < -0.39 is 29.8 Å². The van der Waals surface area contributed by atoms with E-state index >= 15 is 0 Å². The van der Waals surface area contributed by atoms with Crippen LogP contribution in [0.2, 0.25) is 0 Å². The maximum atomic E-state index is 14.6. The van der Waals surface area contributed by atoms with Gasteiger partial charge >= 0.3 is 6.03 Å². The summed E-state index contributed by atoms with van der Waals surface area (Å²) in [4.78, 5) is 55.5. The number of rotatable bonds is 3. The smallest absolute Gasteiger partial charge is 0.322 e. The van der Waals surface area contributed by atoms with Crippen molar-refractivity contribution in [3.63, 3.8) is 0 Å². The van der Waals surface area contributed by atoms with Crippen molar-refractivity contribution in [3.05, 3.63) is 82.7 Å². The number of urea groups is 1. The van der Waals surface area contributed by atoms with Crippen molar-refractivity contribution in [1.29, 1.82) is 0 Å². The summed E-state index contributed by atoms with van der Waals surface area (Å²) in [5, 5.41) is 8.48. The Hall–Kier alpha value is -5.33. The van der Waals surface area contributed by atoms with Crippen LogP contribution in [0.5, 0.6) is 17.2 Å². The molecule has 3 aliphatic heterocycles. The molecule has 0 aromatic heterocycles. The molecule has 6 rings (SSSR count). The quantitative estimate of drug-likeness (QED) is 0.404. The van der Waals surface area contributed by atoms with Gasteiger partial charge in [0, 0.05) is 62.0 Å². The number of hydrogen-bond acceptors (Lipinski definition) is 7. The summed E-state index contributed by atoms with van der Waals surface area (Å²) in [5.74, 6) is -0.957. The number of aryl methyl sites for hydroxylation is 1. The summed E-state index contributed by atoms with van der Waals surface area (Å²) in [6.45, 7) is 3.01. The van der Waals surface area contributed by atoms with Gasteiger partial charge in [0.05, 0.1) is 13.2 Å². The number of anilines is 1. The van der Waals surface area contributed by atoms with Crippen LogP contribution < -0.4 is 35.1 Å². The molecule has 2 atom stereocenters. The van der Waals surface area contributed by atoms with Crippen LogP contribution in [0.15, 0.2) is 54.6 Å². The molecule has 3 aliphatic rings. The maximum Gasteiger partial charge on any atom is 0.322 e. The lowest BCUT2D eigenvalue weighted by Gasteiger charge is -2.39. The molecule has 46 heavy (non-hydrogen) atoms. The minimum Gasteiger partial charge on any atom is -0.493 e. The van der Waals surface area contributed by atoms with Crippen molar-refractivity contribution >= 4 is 29.4 Å². The zero-order chi connectivity index (χ0) is 32.4. The van der Waals surface area contributed by atoms with Gasteiger partial charge in [0.15, 0.2) is 18.1 Å². The molecule has 0 radical (unpaired) electrons. The number of piperidine rings is 1. The summed E-state index contributed by atoms with van der Waals surface area (Å²) in [6.07, 6.45) is -0.273. The van der Waals surface area contributed by atoms with E-state index in [-0.39, 0.29) is 48.7 Å². The van der Waals surface area contributed by atoms with E-state index in [0.29, 0.717) is 48.6 Å². The normalized spacial score (nSPS) is 20.0. The van der Waals surface area contributed by atoms with Gasteiger partial charge in [0.2, 0.25) is 0 Å². The number of nitrogens with one attached hydrogen (secondary N) is 3. The highest BCUT2D eigenvalue weighted by molar-refractivity contribution is 5.99. The standard InChI is InChI=1S/C33H34FN5O7/c1-19-3-4-22(13-26(19)39-10-8-35-33(39)43)32(42)38-9-7-27-25(17-38)37-31(41)21-5-6-28(44-2)29(14-21)45-18-30(40)36-16-20-11-23(34)15-24(12-20)46-27/h3-6,11-15,25,27H,7-10,16-18H2,1-2H3,(H,35,43)(H,36,40)(H,37,41)/t25-,27+/m0/s1. The third-order valence-corrected chi connectivity index (χ3v) is 8.25. The Morgan fingerprint density at radius 2 is 1.87 bits per heavy atom. The third-order valence-electron chi connectivity index (χ3n) is 8.25. The maximum absolute atomic E-state index is 14.6. The largest absolute Gasteiger partial charge is 0.493 e. The van der Waals surface area contributed by atoms with E-state index in [1.807, 2.05) is 13.0 Å². The van der Waals surface area contributed by atoms with E-state index in [0.717, 1.165) is 5.56 Å². The van der Waals surface area contributed by atoms with Crippen molar-refractivity contribution in [2.24, 2.45) is 0 Å². The summed E-state index contributed by atoms with van der Waals surface area (Å²) in [7, 11) is 1.45. The molecule has 0 saturated carbocycles. The number of amides is 5. The Morgan fingerprint density at radius 1 is 1.02 bits per heavy atom. The van der Waals surface area contributed by atoms with Crippen molar-refractivity contribution < 1.29 is 37.8 Å². The highest BCUT2D eigenvalue weighted by atomic mass is 19.1. The van der Waals surface area contributed by atoms with Crippen molar-refractivity contribution in [3.8, 4) is 17.2 Å². The van der Waals surface area contributed by atoms with Crippen LogP contribution >= 0.6 is 0 Å². The number of likely N-dealkylation sites (tertiary alicyclic amines) is 1. The second-order valence-electron chi connectivity index (χ2n) is 11.4. The molecular weight excluding hydrogens is 597 g/mol. The number of halogens is 1. The molecule has 3 aromatic carbocycles. The molecular formula is C33H34FN5O7. The Bertz CT molecular complexity index is 1700. The van der Waals surface area contributed by atoms with Gasteiger partial charge in [-0.15, -0.1) is 0 Å². The van der Waals surface area contributed by atoms with Gasteiger partial charge in [0.1, 0.15) is 17.7 Å². The third kappa shape index (κ3) is 6.53. The van der Waals surface area contributed by atoms with Gasteiger partial charge in [-0.25, -0.2) is 9.18 Å².